The summed E-state index contributed by atoms with van der Waals surface area (Å²) in [6, 6.07) is 12.5. The summed E-state index contributed by atoms with van der Waals surface area (Å²) in [6.45, 7) is 3.49. The Morgan fingerprint density at radius 1 is 1.03 bits per heavy atom. The molecule has 0 bridgehead atoms. The summed E-state index contributed by atoms with van der Waals surface area (Å²) in [5.41, 5.74) is 6.75. The number of ether oxygens (including phenoxy) is 3. The maximum absolute atomic E-state index is 12.0. The van der Waals surface area contributed by atoms with Gasteiger partial charge in [0, 0.05) is 32.7 Å². The maximum atomic E-state index is 12.0. The van der Waals surface area contributed by atoms with Gasteiger partial charge in [-0.25, -0.2) is 4.98 Å². The third-order valence-electron chi connectivity index (χ3n) is 5.98. The molecule has 186 valence electrons. The SMILES string of the molecule is NC(=O)Cc1ccc(Oc2ncnc(N3CCN(Cc4ccc5c(c4)OCO5)CC3)c2[N+](=O)[O-])cc1. The number of aromatic nitrogens is 2. The number of nitro groups is 1. The van der Waals surface area contributed by atoms with Gasteiger partial charge in [-0.15, -0.1) is 0 Å². The van der Waals surface area contributed by atoms with Gasteiger partial charge < -0.3 is 24.8 Å². The van der Waals surface area contributed by atoms with Crippen molar-refractivity contribution < 1.29 is 23.9 Å². The molecule has 1 aromatic heterocycles. The number of rotatable bonds is 8. The molecule has 0 radical (unpaired) electrons. The van der Waals surface area contributed by atoms with Gasteiger partial charge in [-0.05, 0) is 35.4 Å². The maximum Gasteiger partial charge on any atom is 0.373 e. The zero-order valence-corrected chi connectivity index (χ0v) is 19.3. The summed E-state index contributed by atoms with van der Waals surface area (Å²) in [6.07, 6.45) is 1.36. The number of fused-ring (bicyclic) bond motifs is 1. The van der Waals surface area contributed by atoms with Gasteiger partial charge in [-0.2, -0.15) is 4.98 Å². The molecule has 2 N–H and O–H groups in total. The minimum Gasteiger partial charge on any atom is -0.454 e. The first-order valence-electron chi connectivity index (χ1n) is 11.4. The lowest BCUT2D eigenvalue weighted by molar-refractivity contribution is -0.385. The lowest BCUT2D eigenvalue weighted by Gasteiger charge is -2.35. The standard InChI is InChI=1S/C24H24N6O6/c25-21(31)12-16-1-4-18(5-2-16)36-24-22(30(32)33)23(26-14-27-24)29-9-7-28(8-10-29)13-17-3-6-19-20(11-17)35-15-34-19/h1-6,11,14H,7-10,12-13,15H2,(H2,25,31). The highest BCUT2D eigenvalue weighted by Crippen LogP contribution is 2.37. The first-order valence-corrected chi connectivity index (χ1v) is 11.4. The highest BCUT2D eigenvalue weighted by Gasteiger charge is 2.31. The molecule has 3 aromatic rings. The summed E-state index contributed by atoms with van der Waals surface area (Å²) in [5.74, 6) is 1.48. The molecule has 0 spiro atoms. The van der Waals surface area contributed by atoms with E-state index < -0.39 is 10.8 Å². The molecule has 3 heterocycles. The molecule has 36 heavy (non-hydrogen) atoms. The minimum absolute atomic E-state index is 0.0960. The second-order valence-electron chi connectivity index (χ2n) is 8.45. The quantitative estimate of drug-likeness (QED) is 0.367. The molecular formula is C24H24N6O6. The first-order chi connectivity index (χ1) is 17.5. The van der Waals surface area contributed by atoms with E-state index in [4.69, 9.17) is 19.9 Å². The Morgan fingerprint density at radius 2 is 1.75 bits per heavy atom. The van der Waals surface area contributed by atoms with Crippen molar-refractivity contribution in [2.75, 3.05) is 37.9 Å². The van der Waals surface area contributed by atoms with Gasteiger partial charge in [0.15, 0.2) is 11.5 Å². The van der Waals surface area contributed by atoms with Crippen molar-refractivity contribution in [2.45, 2.75) is 13.0 Å². The van der Waals surface area contributed by atoms with Crippen molar-refractivity contribution in [3.05, 3.63) is 70.0 Å². The van der Waals surface area contributed by atoms with Crippen molar-refractivity contribution in [2.24, 2.45) is 5.73 Å². The van der Waals surface area contributed by atoms with Crippen LogP contribution < -0.4 is 24.8 Å². The second-order valence-corrected chi connectivity index (χ2v) is 8.45. The predicted molar refractivity (Wildman–Crippen MR) is 128 cm³/mol. The molecule has 2 aromatic carbocycles. The number of primary amides is 1. The number of nitrogens with two attached hydrogens (primary N) is 1. The fourth-order valence-electron chi connectivity index (χ4n) is 4.22. The van der Waals surface area contributed by atoms with E-state index in [0.717, 1.165) is 23.6 Å². The van der Waals surface area contributed by atoms with Crippen molar-refractivity contribution in [1.82, 2.24) is 14.9 Å². The lowest BCUT2D eigenvalue weighted by Crippen LogP contribution is -2.46. The van der Waals surface area contributed by atoms with E-state index in [1.807, 2.05) is 23.1 Å². The smallest absolute Gasteiger partial charge is 0.373 e. The average Bonchev–Trinajstić information content (AvgIpc) is 3.33. The molecule has 0 unspecified atom stereocenters. The number of anilines is 1. The Morgan fingerprint density at radius 3 is 2.47 bits per heavy atom. The normalized spacial score (nSPS) is 15.1. The molecule has 2 aliphatic rings. The van der Waals surface area contributed by atoms with Gasteiger partial charge in [0.05, 0.1) is 11.3 Å². The number of hydrogen-bond acceptors (Lipinski definition) is 10. The zero-order valence-electron chi connectivity index (χ0n) is 19.3. The van der Waals surface area contributed by atoms with Gasteiger partial charge >= 0.3 is 11.6 Å². The van der Waals surface area contributed by atoms with Crippen molar-refractivity contribution in [1.29, 1.82) is 0 Å². The van der Waals surface area contributed by atoms with E-state index in [0.29, 0.717) is 37.5 Å². The Hall–Kier alpha value is -4.45. The number of carbonyl (C=O) groups is 1. The number of amides is 1. The number of hydrogen-bond donors (Lipinski definition) is 1. The molecule has 0 aliphatic carbocycles. The Balaban J connectivity index is 1.27. The Kier molecular flexibility index (Phi) is 6.50. The average molecular weight is 492 g/mol. The monoisotopic (exact) mass is 492 g/mol. The van der Waals surface area contributed by atoms with E-state index >= 15 is 0 Å². The number of piperazine rings is 1. The predicted octanol–water partition coefficient (Wildman–Crippen LogP) is 2.26. The van der Waals surface area contributed by atoms with Crippen LogP contribution in [0.5, 0.6) is 23.1 Å². The summed E-state index contributed by atoms with van der Waals surface area (Å²) >= 11 is 0. The fraction of sp³-hybridized carbons (Fsp3) is 0.292. The van der Waals surface area contributed by atoms with Crippen LogP contribution in [0.15, 0.2) is 48.8 Å². The van der Waals surface area contributed by atoms with Crippen LogP contribution in [0.2, 0.25) is 0 Å². The number of benzene rings is 2. The molecule has 1 saturated heterocycles. The number of nitrogens with zero attached hydrogens (tertiary/aromatic N) is 5. The van der Waals surface area contributed by atoms with Crippen molar-refractivity contribution in [3.63, 3.8) is 0 Å². The van der Waals surface area contributed by atoms with Gasteiger partial charge in [0.25, 0.3) is 0 Å². The van der Waals surface area contributed by atoms with Crippen LogP contribution in [0, 0.1) is 10.1 Å². The minimum atomic E-state index is -0.523. The van der Waals surface area contributed by atoms with Crippen LogP contribution in [0.25, 0.3) is 0 Å². The zero-order chi connectivity index (χ0) is 25.1. The topological polar surface area (TPSA) is 146 Å². The van der Waals surface area contributed by atoms with E-state index in [9.17, 15) is 14.9 Å². The molecule has 12 heteroatoms. The van der Waals surface area contributed by atoms with E-state index in [2.05, 4.69) is 14.9 Å². The van der Waals surface area contributed by atoms with Crippen LogP contribution in [-0.2, 0) is 17.8 Å². The first kappa shape index (κ1) is 23.3. The van der Waals surface area contributed by atoms with Gasteiger partial charge in [-0.1, -0.05) is 18.2 Å². The second kappa shape index (κ2) is 10.0. The molecule has 1 fully saturated rings. The Labute approximate surface area is 206 Å². The van der Waals surface area contributed by atoms with Crippen LogP contribution in [-0.4, -0.2) is 58.7 Å². The van der Waals surface area contributed by atoms with E-state index in [-0.39, 0.29) is 30.6 Å². The third kappa shape index (κ3) is 5.13. The lowest BCUT2D eigenvalue weighted by atomic mass is 10.1. The molecule has 5 rings (SSSR count). The van der Waals surface area contributed by atoms with E-state index in [1.165, 1.54) is 6.33 Å². The largest absolute Gasteiger partial charge is 0.454 e. The molecule has 1 amide bonds. The summed E-state index contributed by atoms with van der Waals surface area (Å²) in [5, 5.41) is 12.0. The summed E-state index contributed by atoms with van der Waals surface area (Å²) < 4.78 is 16.6. The molecule has 0 atom stereocenters. The molecular weight excluding hydrogens is 468 g/mol. The van der Waals surface area contributed by atoms with Crippen molar-refractivity contribution in [3.8, 4) is 23.1 Å². The molecule has 12 nitrogen and oxygen atoms in total. The van der Waals surface area contributed by atoms with Gasteiger partial charge in [-0.3, -0.25) is 19.8 Å². The summed E-state index contributed by atoms with van der Waals surface area (Å²) in [4.78, 5) is 34.9. The third-order valence-corrected chi connectivity index (χ3v) is 5.98. The molecule has 2 aliphatic heterocycles. The van der Waals surface area contributed by atoms with Crippen LogP contribution in [0.1, 0.15) is 11.1 Å². The highest BCUT2D eigenvalue weighted by atomic mass is 16.7. The highest BCUT2D eigenvalue weighted by molar-refractivity contribution is 5.76. The van der Waals surface area contributed by atoms with Gasteiger partial charge in [0.1, 0.15) is 12.1 Å². The summed E-state index contributed by atoms with van der Waals surface area (Å²) in [7, 11) is 0. The van der Waals surface area contributed by atoms with Crippen molar-refractivity contribution >= 4 is 17.4 Å². The van der Waals surface area contributed by atoms with Crippen LogP contribution in [0.3, 0.4) is 0 Å². The van der Waals surface area contributed by atoms with Gasteiger partial charge in [0.2, 0.25) is 18.5 Å². The molecule has 0 saturated carbocycles. The van der Waals surface area contributed by atoms with Crippen LogP contribution in [0.4, 0.5) is 11.5 Å². The number of carbonyl (C=O) groups excluding carboxylic acids is 1. The van der Waals surface area contributed by atoms with Crippen LogP contribution >= 0.6 is 0 Å². The fourth-order valence-corrected chi connectivity index (χ4v) is 4.22. The Bertz CT molecular complexity index is 1280. The van der Waals surface area contributed by atoms with E-state index in [1.54, 1.807) is 24.3 Å².